The van der Waals surface area contributed by atoms with Gasteiger partial charge in [0.2, 0.25) is 0 Å². The number of carbonyl (C=O) groups is 2. The highest BCUT2D eigenvalue weighted by Crippen LogP contribution is 2.20. The molecule has 3 aromatic rings. The smallest absolute Gasteiger partial charge is 0.340 e. The lowest BCUT2D eigenvalue weighted by Crippen LogP contribution is -2.21. The second kappa shape index (κ2) is 6.84. The van der Waals surface area contributed by atoms with Gasteiger partial charge in [0.15, 0.2) is 6.61 Å². The molecular formula is C17H12BrFN2O3. The van der Waals surface area contributed by atoms with E-state index in [0.717, 1.165) is 5.52 Å². The van der Waals surface area contributed by atoms with Crippen molar-refractivity contribution >= 4 is 44.4 Å². The van der Waals surface area contributed by atoms with Crippen molar-refractivity contribution in [3.8, 4) is 0 Å². The van der Waals surface area contributed by atoms with E-state index in [4.69, 9.17) is 4.74 Å². The summed E-state index contributed by atoms with van der Waals surface area (Å²) in [6.07, 6.45) is 1.53. The molecule has 24 heavy (non-hydrogen) atoms. The quantitative estimate of drug-likeness (QED) is 0.664. The highest BCUT2D eigenvalue weighted by Gasteiger charge is 2.15. The molecule has 2 N–H and O–H groups in total. The zero-order valence-corrected chi connectivity index (χ0v) is 13.9. The molecule has 1 aromatic heterocycles. The number of carbonyl (C=O) groups excluding carboxylic acids is 2. The molecular weight excluding hydrogens is 379 g/mol. The number of para-hydroxylation sites is 1. The maximum atomic E-state index is 13.7. The fraction of sp³-hybridized carbons (Fsp3) is 0.0588. The molecule has 0 saturated heterocycles. The first-order valence-corrected chi connectivity index (χ1v) is 7.82. The predicted octanol–water partition coefficient (Wildman–Crippen LogP) is 3.87. The highest BCUT2D eigenvalue weighted by molar-refractivity contribution is 9.10. The molecule has 0 aliphatic carbocycles. The molecule has 0 aliphatic heterocycles. The lowest BCUT2D eigenvalue weighted by atomic mass is 10.2. The summed E-state index contributed by atoms with van der Waals surface area (Å²) < 4.78 is 19.2. The molecule has 0 unspecified atom stereocenters. The molecule has 0 aliphatic rings. The Balaban J connectivity index is 1.62. The SMILES string of the molecule is O=C(COC(=O)c1c[nH]c2ccccc12)Nc1ccc(Br)cc1F. The molecule has 1 amide bonds. The Hall–Kier alpha value is -2.67. The normalized spacial score (nSPS) is 10.6. The molecule has 122 valence electrons. The number of amides is 1. The van der Waals surface area contributed by atoms with E-state index in [9.17, 15) is 14.0 Å². The summed E-state index contributed by atoms with van der Waals surface area (Å²) in [4.78, 5) is 26.9. The number of hydrogen-bond donors (Lipinski definition) is 2. The molecule has 7 heteroatoms. The minimum Gasteiger partial charge on any atom is -0.452 e. The van der Waals surface area contributed by atoms with Crippen molar-refractivity contribution in [3.05, 3.63) is 64.5 Å². The van der Waals surface area contributed by atoms with E-state index in [-0.39, 0.29) is 5.69 Å². The number of ether oxygens (including phenoxy) is 1. The van der Waals surface area contributed by atoms with Crippen LogP contribution in [0.15, 0.2) is 53.1 Å². The zero-order chi connectivity index (χ0) is 17.1. The fourth-order valence-corrected chi connectivity index (χ4v) is 2.56. The van der Waals surface area contributed by atoms with E-state index in [1.165, 1.54) is 18.3 Å². The molecule has 0 bridgehead atoms. The summed E-state index contributed by atoms with van der Waals surface area (Å²) in [5, 5.41) is 3.07. The van der Waals surface area contributed by atoms with Crippen LogP contribution in [0.25, 0.3) is 10.9 Å². The monoisotopic (exact) mass is 390 g/mol. The Morgan fingerprint density at radius 1 is 1.21 bits per heavy atom. The van der Waals surface area contributed by atoms with Crippen LogP contribution in [0.2, 0.25) is 0 Å². The van der Waals surface area contributed by atoms with Crippen LogP contribution >= 0.6 is 15.9 Å². The van der Waals surface area contributed by atoms with E-state index in [1.807, 2.05) is 12.1 Å². The van der Waals surface area contributed by atoms with Gasteiger partial charge in [0, 0.05) is 21.6 Å². The van der Waals surface area contributed by atoms with Gasteiger partial charge in [-0.2, -0.15) is 0 Å². The van der Waals surface area contributed by atoms with Crippen LogP contribution in [0.1, 0.15) is 10.4 Å². The van der Waals surface area contributed by atoms with Gasteiger partial charge in [-0.1, -0.05) is 34.1 Å². The Morgan fingerprint density at radius 2 is 2.00 bits per heavy atom. The van der Waals surface area contributed by atoms with Crippen LogP contribution in [0.5, 0.6) is 0 Å². The highest BCUT2D eigenvalue weighted by atomic mass is 79.9. The van der Waals surface area contributed by atoms with Crippen molar-refractivity contribution in [2.45, 2.75) is 0 Å². The van der Waals surface area contributed by atoms with Crippen molar-refractivity contribution in [2.75, 3.05) is 11.9 Å². The molecule has 5 nitrogen and oxygen atoms in total. The molecule has 0 saturated carbocycles. The third-order valence-electron chi connectivity index (χ3n) is 3.35. The number of aromatic nitrogens is 1. The second-order valence-electron chi connectivity index (χ2n) is 5.00. The van der Waals surface area contributed by atoms with E-state index >= 15 is 0 Å². The lowest BCUT2D eigenvalue weighted by Gasteiger charge is -2.07. The number of fused-ring (bicyclic) bond motifs is 1. The first-order chi connectivity index (χ1) is 11.5. The lowest BCUT2D eigenvalue weighted by molar-refractivity contribution is -0.119. The van der Waals surface area contributed by atoms with Crippen LogP contribution < -0.4 is 5.32 Å². The number of hydrogen-bond acceptors (Lipinski definition) is 3. The predicted molar refractivity (Wildman–Crippen MR) is 91.3 cm³/mol. The van der Waals surface area contributed by atoms with Crippen molar-refractivity contribution < 1.29 is 18.7 Å². The van der Waals surface area contributed by atoms with Gasteiger partial charge in [-0.25, -0.2) is 9.18 Å². The molecule has 2 aromatic carbocycles. The zero-order valence-electron chi connectivity index (χ0n) is 12.3. The van der Waals surface area contributed by atoms with Crippen LogP contribution in [0.4, 0.5) is 10.1 Å². The van der Waals surface area contributed by atoms with E-state index in [2.05, 4.69) is 26.2 Å². The average molecular weight is 391 g/mol. The second-order valence-corrected chi connectivity index (χ2v) is 5.91. The Labute approximate surface area is 144 Å². The summed E-state index contributed by atoms with van der Waals surface area (Å²) in [5.41, 5.74) is 1.16. The van der Waals surface area contributed by atoms with Gasteiger partial charge < -0.3 is 15.0 Å². The summed E-state index contributed by atoms with van der Waals surface area (Å²) in [6.45, 7) is -0.506. The van der Waals surface area contributed by atoms with Crippen molar-refractivity contribution in [2.24, 2.45) is 0 Å². The first-order valence-electron chi connectivity index (χ1n) is 7.03. The Kier molecular flexibility index (Phi) is 4.61. The number of esters is 1. The van der Waals surface area contributed by atoms with Crippen LogP contribution in [0.3, 0.4) is 0 Å². The van der Waals surface area contributed by atoms with E-state index in [1.54, 1.807) is 18.2 Å². The van der Waals surface area contributed by atoms with Crippen molar-refractivity contribution in [1.82, 2.24) is 4.98 Å². The summed E-state index contributed by atoms with van der Waals surface area (Å²) in [6, 6.07) is 11.5. The molecule has 3 rings (SSSR count). The Morgan fingerprint density at radius 3 is 2.79 bits per heavy atom. The molecule has 1 heterocycles. The maximum Gasteiger partial charge on any atom is 0.340 e. The summed E-state index contributed by atoms with van der Waals surface area (Å²) in [5.74, 6) is -1.83. The fourth-order valence-electron chi connectivity index (χ4n) is 2.23. The van der Waals surface area contributed by atoms with Crippen molar-refractivity contribution in [1.29, 1.82) is 0 Å². The third-order valence-corrected chi connectivity index (χ3v) is 3.84. The number of rotatable bonds is 4. The maximum absolute atomic E-state index is 13.7. The van der Waals surface area contributed by atoms with Gasteiger partial charge in [0.05, 0.1) is 11.3 Å². The topological polar surface area (TPSA) is 71.2 Å². The van der Waals surface area contributed by atoms with Gasteiger partial charge in [-0.15, -0.1) is 0 Å². The molecule has 0 atom stereocenters. The number of H-pyrrole nitrogens is 1. The van der Waals surface area contributed by atoms with Crippen LogP contribution in [-0.2, 0) is 9.53 Å². The first kappa shape index (κ1) is 16.2. The minimum atomic E-state index is -0.626. The Bertz CT molecular complexity index is 923. The van der Waals surface area contributed by atoms with E-state index in [0.29, 0.717) is 15.4 Å². The van der Waals surface area contributed by atoms with Crippen LogP contribution in [0, 0.1) is 5.82 Å². The standard InChI is InChI=1S/C17H12BrFN2O3/c18-10-5-6-15(13(19)7-10)21-16(22)9-24-17(23)12-8-20-14-4-2-1-3-11(12)14/h1-8,20H,9H2,(H,21,22). The molecule has 0 radical (unpaired) electrons. The molecule has 0 fully saturated rings. The third kappa shape index (κ3) is 3.46. The van der Waals surface area contributed by atoms with Crippen LogP contribution in [-0.4, -0.2) is 23.5 Å². The van der Waals surface area contributed by atoms with Gasteiger partial charge in [0.25, 0.3) is 5.91 Å². The number of nitrogens with one attached hydrogen (secondary N) is 2. The minimum absolute atomic E-state index is 0.0198. The van der Waals surface area contributed by atoms with Gasteiger partial charge in [-0.3, -0.25) is 4.79 Å². The van der Waals surface area contributed by atoms with Crippen molar-refractivity contribution in [3.63, 3.8) is 0 Å². The number of anilines is 1. The average Bonchev–Trinajstić information content (AvgIpc) is 2.99. The van der Waals surface area contributed by atoms with E-state index < -0.39 is 24.3 Å². The number of aromatic amines is 1. The summed E-state index contributed by atoms with van der Waals surface area (Å²) >= 11 is 3.13. The summed E-state index contributed by atoms with van der Waals surface area (Å²) in [7, 11) is 0. The number of benzene rings is 2. The largest absolute Gasteiger partial charge is 0.452 e. The number of halogens is 2. The van der Waals surface area contributed by atoms with Gasteiger partial charge >= 0.3 is 5.97 Å². The van der Waals surface area contributed by atoms with Gasteiger partial charge in [0.1, 0.15) is 5.82 Å². The van der Waals surface area contributed by atoms with Gasteiger partial charge in [-0.05, 0) is 24.3 Å². The molecule has 0 spiro atoms.